The molecular formula is C19H21ClN2O5. The highest BCUT2D eigenvalue weighted by atomic mass is 35.5. The van der Waals surface area contributed by atoms with Crippen molar-refractivity contribution in [1.82, 2.24) is 0 Å². The van der Waals surface area contributed by atoms with Gasteiger partial charge in [-0.3, -0.25) is 9.59 Å². The van der Waals surface area contributed by atoms with Crippen LogP contribution in [0.3, 0.4) is 0 Å². The van der Waals surface area contributed by atoms with E-state index in [-0.39, 0.29) is 5.91 Å². The molecule has 0 aromatic heterocycles. The van der Waals surface area contributed by atoms with Crippen molar-refractivity contribution < 1.29 is 23.8 Å². The number of anilines is 2. The second-order valence-corrected chi connectivity index (χ2v) is 5.87. The molecule has 7 nitrogen and oxygen atoms in total. The van der Waals surface area contributed by atoms with E-state index in [1.807, 2.05) is 0 Å². The minimum absolute atomic E-state index is 0.140. The van der Waals surface area contributed by atoms with E-state index in [0.29, 0.717) is 45.6 Å². The van der Waals surface area contributed by atoms with Gasteiger partial charge in [-0.2, -0.15) is 0 Å². The Morgan fingerprint density at radius 1 is 0.963 bits per heavy atom. The first kappa shape index (κ1) is 20.4. The summed E-state index contributed by atoms with van der Waals surface area (Å²) in [5.41, 5.74) is 1.19. The van der Waals surface area contributed by atoms with Crippen LogP contribution >= 0.6 is 11.6 Å². The molecule has 0 aliphatic carbocycles. The van der Waals surface area contributed by atoms with E-state index < -0.39 is 5.91 Å². The minimum atomic E-state index is -0.421. The van der Waals surface area contributed by atoms with Crippen LogP contribution in [-0.2, 0) is 4.79 Å². The number of methoxy groups -OCH3 is 3. The Kier molecular flexibility index (Phi) is 6.90. The van der Waals surface area contributed by atoms with Crippen LogP contribution in [0.4, 0.5) is 11.4 Å². The van der Waals surface area contributed by atoms with Crippen molar-refractivity contribution in [2.75, 3.05) is 32.0 Å². The fourth-order valence-corrected chi connectivity index (χ4v) is 2.52. The van der Waals surface area contributed by atoms with Gasteiger partial charge in [0.2, 0.25) is 11.7 Å². The summed E-state index contributed by atoms with van der Waals surface area (Å²) in [6.07, 6.45) is 0.343. The van der Waals surface area contributed by atoms with Gasteiger partial charge in [0.15, 0.2) is 11.5 Å². The predicted molar refractivity (Wildman–Crippen MR) is 104 cm³/mol. The lowest BCUT2D eigenvalue weighted by atomic mass is 10.1. The molecule has 0 saturated carbocycles. The van der Waals surface area contributed by atoms with E-state index in [9.17, 15) is 9.59 Å². The summed E-state index contributed by atoms with van der Waals surface area (Å²) in [5, 5.41) is 5.78. The third-order valence-corrected chi connectivity index (χ3v) is 4.08. The largest absolute Gasteiger partial charge is 0.493 e. The standard InChI is InChI=1S/C19H21ClN2O5/c1-5-17(23)21-12-6-7-13(20)14(10-12)22-19(24)11-8-15(25-2)18(27-4)16(9-11)26-3/h6-10H,5H2,1-4H3,(H,21,23)(H,22,24). The maximum atomic E-state index is 12.7. The molecule has 0 atom stereocenters. The van der Waals surface area contributed by atoms with Gasteiger partial charge in [-0.1, -0.05) is 18.5 Å². The highest BCUT2D eigenvalue weighted by Gasteiger charge is 2.18. The van der Waals surface area contributed by atoms with Crippen LogP contribution in [0, 0.1) is 0 Å². The quantitative estimate of drug-likeness (QED) is 0.744. The molecule has 0 aliphatic heterocycles. The number of benzene rings is 2. The van der Waals surface area contributed by atoms with Crippen molar-refractivity contribution in [2.45, 2.75) is 13.3 Å². The fourth-order valence-electron chi connectivity index (χ4n) is 2.35. The molecule has 0 fully saturated rings. The number of amides is 2. The van der Waals surface area contributed by atoms with Crippen molar-refractivity contribution in [3.05, 3.63) is 40.9 Å². The lowest BCUT2D eigenvalue weighted by Gasteiger charge is -2.15. The number of halogens is 1. The molecular weight excluding hydrogens is 372 g/mol. The molecule has 0 spiro atoms. The van der Waals surface area contributed by atoms with Crippen molar-refractivity contribution in [3.8, 4) is 17.2 Å². The van der Waals surface area contributed by atoms with Crippen LogP contribution in [0.1, 0.15) is 23.7 Å². The summed E-state index contributed by atoms with van der Waals surface area (Å²) in [6, 6.07) is 7.91. The number of carbonyl (C=O) groups excluding carboxylic acids is 2. The van der Waals surface area contributed by atoms with Gasteiger partial charge in [0.1, 0.15) is 0 Å². The zero-order valence-corrected chi connectivity index (χ0v) is 16.3. The smallest absolute Gasteiger partial charge is 0.255 e. The predicted octanol–water partition coefficient (Wildman–Crippen LogP) is 3.97. The third kappa shape index (κ3) is 4.83. The molecule has 0 aliphatic rings. The Bertz CT molecular complexity index is 829. The Hall–Kier alpha value is -2.93. The molecule has 0 radical (unpaired) electrons. The number of ether oxygens (including phenoxy) is 3. The number of carbonyl (C=O) groups is 2. The molecule has 8 heteroatoms. The second-order valence-electron chi connectivity index (χ2n) is 5.46. The molecule has 2 amide bonds. The molecule has 2 N–H and O–H groups in total. The monoisotopic (exact) mass is 392 g/mol. The van der Waals surface area contributed by atoms with Gasteiger partial charge < -0.3 is 24.8 Å². The molecule has 144 valence electrons. The van der Waals surface area contributed by atoms with Crippen molar-refractivity contribution in [3.63, 3.8) is 0 Å². The van der Waals surface area contributed by atoms with Crippen LogP contribution < -0.4 is 24.8 Å². The Morgan fingerprint density at radius 3 is 2.11 bits per heavy atom. The van der Waals surface area contributed by atoms with Crippen LogP contribution in [0.25, 0.3) is 0 Å². The Balaban J connectivity index is 2.32. The van der Waals surface area contributed by atoms with Gasteiger partial charge in [0.05, 0.1) is 32.0 Å². The maximum absolute atomic E-state index is 12.7. The Morgan fingerprint density at radius 2 is 1.59 bits per heavy atom. The first-order valence-corrected chi connectivity index (χ1v) is 8.52. The van der Waals surface area contributed by atoms with Crippen LogP contribution in [-0.4, -0.2) is 33.1 Å². The average molecular weight is 393 g/mol. The van der Waals surface area contributed by atoms with Gasteiger partial charge >= 0.3 is 0 Å². The lowest BCUT2D eigenvalue weighted by Crippen LogP contribution is -2.14. The summed E-state index contributed by atoms with van der Waals surface area (Å²) in [7, 11) is 4.42. The molecule has 0 unspecified atom stereocenters. The highest BCUT2D eigenvalue weighted by Crippen LogP contribution is 2.38. The number of nitrogens with one attached hydrogen (secondary N) is 2. The fraction of sp³-hybridized carbons (Fsp3) is 0.263. The summed E-state index contributed by atoms with van der Waals surface area (Å²) >= 11 is 6.17. The SMILES string of the molecule is CCC(=O)Nc1ccc(Cl)c(NC(=O)c2cc(OC)c(OC)c(OC)c2)c1. The molecule has 0 heterocycles. The van der Waals surface area contributed by atoms with Crippen LogP contribution in [0.2, 0.25) is 5.02 Å². The first-order valence-electron chi connectivity index (χ1n) is 8.14. The lowest BCUT2D eigenvalue weighted by molar-refractivity contribution is -0.115. The van der Waals surface area contributed by atoms with Gasteiger partial charge in [-0.05, 0) is 30.3 Å². The zero-order chi connectivity index (χ0) is 20.0. The van der Waals surface area contributed by atoms with E-state index in [2.05, 4.69) is 10.6 Å². The summed E-state index contributed by atoms with van der Waals surface area (Å²) in [6.45, 7) is 1.75. The van der Waals surface area contributed by atoms with Crippen LogP contribution in [0.5, 0.6) is 17.2 Å². The normalized spacial score (nSPS) is 10.1. The van der Waals surface area contributed by atoms with E-state index in [4.69, 9.17) is 25.8 Å². The van der Waals surface area contributed by atoms with E-state index in [1.165, 1.54) is 33.5 Å². The minimum Gasteiger partial charge on any atom is -0.493 e. The first-order chi connectivity index (χ1) is 12.9. The number of hydrogen-bond donors (Lipinski definition) is 2. The molecule has 2 aromatic rings. The van der Waals surface area contributed by atoms with Gasteiger partial charge in [-0.15, -0.1) is 0 Å². The number of rotatable bonds is 7. The maximum Gasteiger partial charge on any atom is 0.255 e. The topological polar surface area (TPSA) is 85.9 Å². The van der Waals surface area contributed by atoms with Crippen LogP contribution in [0.15, 0.2) is 30.3 Å². The highest BCUT2D eigenvalue weighted by molar-refractivity contribution is 6.34. The molecule has 0 bridgehead atoms. The molecule has 2 aromatic carbocycles. The van der Waals surface area contributed by atoms with Gasteiger partial charge in [0.25, 0.3) is 5.91 Å². The van der Waals surface area contributed by atoms with E-state index in [1.54, 1.807) is 25.1 Å². The van der Waals surface area contributed by atoms with E-state index >= 15 is 0 Å². The van der Waals surface area contributed by atoms with E-state index in [0.717, 1.165) is 0 Å². The van der Waals surface area contributed by atoms with Gasteiger partial charge in [-0.25, -0.2) is 0 Å². The summed E-state index contributed by atoms with van der Waals surface area (Å²) in [4.78, 5) is 24.2. The summed E-state index contributed by atoms with van der Waals surface area (Å²) in [5.74, 6) is 0.544. The number of hydrogen-bond acceptors (Lipinski definition) is 5. The second kappa shape index (κ2) is 9.14. The summed E-state index contributed by atoms with van der Waals surface area (Å²) < 4.78 is 15.8. The van der Waals surface area contributed by atoms with Gasteiger partial charge in [0, 0.05) is 17.7 Å². The van der Waals surface area contributed by atoms with Crippen molar-refractivity contribution in [1.29, 1.82) is 0 Å². The molecule has 27 heavy (non-hydrogen) atoms. The van der Waals surface area contributed by atoms with Crippen molar-refractivity contribution >= 4 is 34.8 Å². The van der Waals surface area contributed by atoms with Crippen molar-refractivity contribution in [2.24, 2.45) is 0 Å². The molecule has 0 saturated heterocycles. The zero-order valence-electron chi connectivity index (χ0n) is 15.5. The average Bonchev–Trinajstić information content (AvgIpc) is 2.68. The Labute approximate surface area is 162 Å². The third-order valence-electron chi connectivity index (χ3n) is 3.75. The molecule has 2 rings (SSSR count).